The Bertz CT molecular complexity index is 270. The molecule has 1 aliphatic rings. The SMILES string of the molecule is CCC(C(=O)N1CCCN(C)CC1)C(N)=S. The van der Waals surface area contributed by atoms with Crippen molar-refractivity contribution in [2.75, 3.05) is 33.2 Å². The monoisotopic (exact) mass is 243 g/mol. The predicted molar refractivity (Wildman–Crippen MR) is 69.3 cm³/mol. The van der Waals surface area contributed by atoms with Crippen molar-refractivity contribution in [3.63, 3.8) is 0 Å². The van der Waals surface area contributed by atoms with Crippen LogP contribution in [0.5, 0.6) is 0 Å². The number of rotatable bonds is 3. The number of nitrogens with two attached hydrogens (primary N) is 1. The molecule has 1 rings (SSSR count). The number of hydrogen-bond donors (Lipinski definition) is 1. The van der Waals surface area contributed by atoms with Crippen molar-refractivity contribution in [2.24, 2.45) is 11.7 Å². The summed E-state index contributed by atoms with van der Waals surface area (Å²) >= 11 is 4.94. The molecule has 4 nitrogen and oxygen atoms in total. The molecule has 0 aromatic heterocycles. The summed E-state index contributed by atoms with van der Waals surface area (Å²) in [5, 5.41) is 0. The van der Waals surface area contributed by atoms with Crippen LogP contribution in [0.25, 0.3) is 0 Å². The van der Waals surface area contributed by atoms with Gasteiger partial charge in [0.15, 0.2) is 0 Å². The summed E-state index contributed by atoms with van der Waals surface area (Å²) in [6.07, 6.45) is 1.72. The average molecular weight is 243 g/mol. The highest BCUT2D eigenvalue weighted by molar-refractivity contribution is 7.80. The van der Waals surface area contributed by atoms with Crippen LogP contribution in [-0.2, 0) is 4.79 Å². The Labute approximate surface area is 103 Å². The molecular weight excluding hydrogens is 222 g/mol. The third-order valence-electron chi connectivity index (χ3n) is 3.08. The molecule has 16 heavy (non-hydrogen) atoms. The maximum absolute atomic E-state index is 12.2. The maximum atomic E-state index is 12.2. The maximum Gasteiger partial charge on any atom is 0.232 e. The topological polar surface area (TPSA) is 49.6 Å². The van der Waals surface area contributed by atoms with E-state index in [2.05, 4.69) is 11.9 Å². The van der Waals surface area contributed by atoms with Gasteiger partial charge >= 0.3 is 0 Å². The van der Waals surface area contributed by atoms with E-state index >= 15 is 0 Å². The van der Waals surface area contributed by atoms with Crippen LogP contribution in [0.2, 0.25) is 0 Å². The smallest absolute Gasteiger partial charge is 0.232 e. The van der Waals surface area contributed by atoms with Gasteiger partial charge in [-0.3, -0.25) is 4.79 Å². The van der Waals surface area contributed by atoms with Gasteiger partial charge in [0.2, 0.25) is 5.91 Å². The van der Waals surface area contributed by atoms with Crippen molar-refractivity contribution in [1.29, 1.82) is 0 Å². The number of thiocarbonyl (C=S) groups is 1. The number of nitrogens with zero attached hydrogens (tertiary/aromatic N) is 2. The van der Waals surface area contributed by atoms with E-state index in [9.17, 15) is 4.79 Å². The minimum Gasteiger partial charge on any atom is -0.393 e. The first-order valence-electron chi connectivity index (χ1n) is 5.83. The summed E-state index contributed by atoms with van der Waals surface area (Å²) in [5.74, 6) is -0.177. The third kappa shape index (κ3) is 3.42. The lowest BCUT2D eigenvalue weighted by molar-refractivity contribution is -0.133. The second-order valence-electron chi connectivity index (χ2n) is 4.35. The van der Waals surface area contributed by atoms with E-state index < -0.39 is 0 Å². The van der Waals surface area contributed by atoms with Crippen LogP contribution in [0.4, 0.5) is 0 Å². The molecule has 1 unspecified atom stereocenters. The molecule has 92 valence electrons. The first-order chi connectivity index (χ1) is 7.56. The van der Waals surface area contributed by atoms with Gasteiger partial charge in [-0.2, -0.15) is 0 Å². The van der Waals surface area contributed by atoms with Crippen LogP contribution in [0.3, 0.4) is 0 Å². The Hall–Kier alpha value is -0.680. The van der Waals surface area contributed by atoms with E-state index in [1.807, 2.05) is 11.8 Å². The number of likely N-dealkylation sites (N-methyl/N-ethyl adjacent to an activating group) is 1. The van der Waals surface area contributed by atoms with Crippen molar-refractivity contribution in [1.82, 2.24) is 9.80 Å². The van der Waals surface area contributed by atoms with Crippen molar-refractivity contribution in [2.45, 2.75) is 19.8 Å². The van der Waals surface area contributed by atoms with E-state index in [1.165, 1.54) is 0 Å². The largest absolute Gasteiger partial charge is 0.393 e. The van der Waals surface area contributed by atoms with Crippen LogP contribution in [0.1, 0.15) is 19.8 Å². The molecule has 1 heterocycles. The second-order valence-corrected chi connectivity index (χ2v) is 4.82. The van der Waals surface area contributed by atoms with E-state index in [4.69, 9.17) is 18.0 Å². The van der Waals surface area contributed by atoms with Crippen LogP contribution in [0, 0.1) is 5.92 Å². The van der Waals surface area contributed by atoms with Gasteiger partial charge in [-0.15, -0.1) is 0 Å². The number of carbonyl (C=O) groups is 1. The highest BCUT2D eigenvalue weighted by Gasteiger charge is 2.26. The van der Waals surface area contributed by atoms with Crippen LogP contribution in [-0.4, -0.2) is 53.9 Å². The molecule has 1 saturated heterocycles. The van der Waals surface area contributed by atoms with Gasteiger partial charge in [0.25, 0.3) is 0 Å². The summed E-state index contributed by atoms with van der Waals surface area (Å²) in [7, 11) is 2.08. The van der Waals surface area contributed by atoms with Gasteiger partial charge in [0, 0.05) is 19.6 Å². The van der Waals surface area contributed by atoms with Crippen molar-refractivity contribution in [3.8, 4) is 0 Å². The standard InChI is InChI=1S/C11H21N3OS/c1-3-9(10(12)16)11(15)14-6-4-5-13(2)7-8-14/h9H,3-8H2,1-2H3,(H2,12,16). The number of amides is 1. The molecule has 0 radical (unpaired) electrons. The molecule has 5 heteroatoms. The molecule has 1 aliphatic heterocycles. The molecule has 0 spiro atoms. The molecule has 0 aromatic rings. The highest BCUT2D eigenvalue weighted by Crippen LogP contribution is 2.11. The minimum absolute atomic E-state index is 0.102. The molecule has 0 aromatic carbocycles. The minimum atomic E-state index is -0.279. The lowest BCUT2D eigenvalue weighted by atomic mass is 10.1. The Morgan fingerprint density at radius 3 is 2.62 bits per heavy atom. The summed E-state index contributed by atoms with van der Waals surface area (Å²) < 4.78 is 0. The van der Waals surface area contributed by atoms with E-state index in [-0.39, 0.29) is 11.8 Å². The first kappa shape index (κ1) is 13.4. The lowest BCUT2D eigenvalue weighted by Crippen LogP contribution is -2.42. The van der Waals surface area contributed by atoms with Crippen LogP contribution >= 0.6 is 12.2 Å². The van der Waals surface area contributed by atoms with E-state index in [1.54, 1.807) is 0 Å². The molecule has 1 fully saturated rings. The fraction of sp³-hybridized carbons (Fsp3) is 0.818. The first-order valence-corrected chi connectivity index (χ1v) is 6.23. The third-order valence-corrected chi connectivity index (χ3v) is 3.37. The van der Waals surface area contributed by atoms with E-state index in [0.29, 0.717) is 11.4 Å². The molecule has 0 aliphatic carbocycles. The molecular formula is C11H21N3OS. The Balaban J connectivity index is 2.61. The summed E-state index contributed by atoms with van der Waals surface area (Å²) in [6.45, 7) is 5.54. The van der Waals surface area contributed by atoms with Crippen molar-refractivity contribution in [3.05, 3.63) is 0 Å². The quantitative estimate of drug-likeness (QED) is 0.732. The normalized spacial score (nSPS) is 20.2. The molecule has 1 atom stereocenters. The molecule has 0 bridgehead atoms. The van der Waals surface area contributed by atoms with Gasteiger partial charge in [-0.25, -0.2) is 0 Å². The summed E-state index contributed by atoms with van der Waals surface area (Å²) in [4.78, 5) is 16.6. The Morgan fingerprint density at radius 2 is 2.06 bits per heavy atom. The van der Waals surface area contributed by atoms with Gasteiger partial charge < -0.3 is 15.5 Å². The predicted octanol–water partition coefficient (Wildman–Crippen LogP) is 0.463. The van der Waals surface area contributed by atoms with Crippen LogP contribution in [0.15, 0.2) is 0 Å². The van der Waals surface area contributed by atoms with Crippen molar-refractivity contribution >= 4 is 23.1 Å². The summed E-state index contributed by atoms with van der Waals surface area (Å²) in [5.41, 5.74) is 5.59. The van der Waals surface area contributed by atoms with Gasteiger partial charge in [-0.05, 0) is 26.4 Å². The van der Waals surface area contributed by atoms with Gasteiger partial charge in [0.1, 0.15) is 0 Å². The molecule has 2 N–H and O–H groups in total. The Kier molecular flexibility index (Phi) is 5.15. The fourth-order valence-electron chi connectivity index (χ4n) is 1.98. The molecule has 0 saturated carbocycles. The number of carbonyl (C=O) groups excluding carboxylic acids is 1. The Morgan fingerprint density at radius 1 is 1.38 bits per heavy atom. The second kappa shape index (κ2) is 6.15. The van der Waals surface area contributed by atoms with E-state index in [0.717, 1.165) is 32.6 Å². The van der Waals surface area contributed by atoms with Crippen LogP contribution < -0.4 is 5.73 Å². The highest BCUT2D eigenvalue weighted by atomic mass is 32.1. The molecule has 1 amide bonds. The zero-order valence-corrected chi connectivity index (χ0v) is 10.9. The van der Waals surface area contributed by atoms with Gasteiger partial charge in [-0.1, -0.05) is 19.1 Å². The number of hydrogen-bond acceptors (Lipinski definition) is 3. The zero-order valence-electron chi connectivity index (χ0n) is 10.1. The zero-order chi connectivity index (χ0) is 12.1. The summed E-state index contributed by atoms with van der Waals surface area (Å²) in [6, 6.07) is 0. The van der Waals surface area contributed by atoms with Crippen molar-refractivity contribution < 1.29 is 4.79 Å². The average Bonchev–Trinajstić information content (AvgIpc) is 2.43. The van der Waals surface area contributed by atoms with Gasteiger partial charge in [0.05, 0.1) is 10.9 Å². The lowest BCUT2D eigenvalue weighted by Gasteiger charge is -2.24. The fourth-order valence-corrected chi connectivity index (χ4v) is 2.25.